The molecular formula is C13H11ClN4. The van der Waals surface area contributed by atoms with Crippen molar-refractivity contribution in [3.63, 3.8) is 0 Å². The van der Waals surface area contributed by atoms with Gasteiger partial charge in [-0.25, -0.2) is 4.68 Å². The molecule has 0 spiro atoms. The Morgan fingerprint density at radius 3 is 2.78 bits per heavy atom. The van der Waals surface area contributed by atoms with Crippen LogP contribution in [-0.4, -0.2) is 14.8 Å². The predicted molar refractivity (Wildman–Crippen MR) is 73.0 cm³/mol. The van der Waals surface area contributed by atoms with Gasteiger partial charge in [0, 0.05) is 11.6 Å². The normalized spacial score (nSPS) is 11.0. The Labute approximate surface area is 109 Å². The van der Waals surface area contributed by atoms with Gasteiger partial charge in [-0.15, -0.1) is 0 Å². The van der Waals surface area contributed by atoms with Gasteiger partial charge in [-0.2, -0.15) is 5.10 Å². The molecule has 3 rings (SSSR count). The monoisotopic (exact) mass is 258 g/mol. The van der Waals surface area contributed by atoms with Crippen LogP contribution in [0, 0.1) is 6.92 Å². The number of halogens is 1. The number of aromatic nitrogens is 3. The van der Waals surface area contributed by atoms with Gasteiger partial charge in [0.05, 0.1) is 33.8 Å². The number of aryl methyl sites for hydroxylation is 1. The highest BCUT2D eigenvalue weighted by Gasteiger charge is 2.11. The number of hydrogen-bond donors (Lipinski definition) is 1. The summed E-state index contributed by atoms with van der Waals surface area (Å²) >= 11 is 6.04. The smallest absolute Gasteiger partial charge is 0.0985 e. The van der Waals surface area contributed by atoms with Gasteiger partial charge in [0.2, 0.25) is 0 Å². The van der Waals surface area contributed by atoms with E-state index in [0.717, 1.165) is 22.3 Å². The zero-order chi connectivity index (χ0) is 12.7. The van der Waals surface area contributed by atoms with Crippen LogP contribution in [0.5, 0.6) is 0 Å². The molecule has 3 aromatic rings. The largest absolute Gasteiger partial charge is 0.396 e. The van der Waals surface area contributed by atoms with Crippen molar-refractivity contribution in [1.29, 1.82) is 0 Å². The fourth-order valence-electron chi connectivity index (χ4n) is 1.95. The van der Waals surface area contributed by atoms with E-state index in [4.69, 9.17) is 17.3 Å². The molecule has 0 saturated carbocycles. The van der Waals surface area contributed by atoms with Gasteiger partial charge >= 0.3 is 0 Å². The summed E-state index contributed by atoms with van der Waals surface area (Å²) in [6, 6.07) is 7.80. The van der Waals surface area contributed by atoms with Crippen LogP contribution in [0.2, 0.25) is 5.02 Å². The number of benzene rings is 1. The lowest BCUT2D eigenvalue weighted by Gasteiger charge is -2.09. The number of pyridine rings is 1. The minimum atomic E-state index is 0.577. The fourth-order valence-corrected chi connectivity index (χ4v) is 2.08. The Kier molecular flexibility index (Phi) is 2.45. The van der Waals surface area contributed by atoms with E-state index < -0.39 is 0 Å². The van der Waals surface area contributed by atoms with Crippen molar-refractivity contribution in [2.75, 3.05) is 5.73 Å². The third kappa shape index (κ3) is 1.62. The van der Waals surface area contributed by atoms with Gasteiger partial charge in [0.25, 0.3) is 0 Å². The van der Waals surface area contributed by atoms with E-state index in [2.05, 4.69) is 10.1 Å². The first kappa shape index (κ1) is 11.0. The molecule has 0 unspecified atom stereocenters. The summed E-state index contributed by atoms with van der Waals surface area (Å²) in [6.07, 6.45) is 3.40. The third-order valence-electron chi connectivity index (χ3n) is 2.84. The first-order valence-corrected chi connectivity index (χ1v) is 5.90. The Hall–Kier alpha value is -2.07. The highest BCUT2D eigenvalue weighted by Crippen LogP contribution is 2.27. The Morgan fingerprint density at radius 1 is 1.28 bits per heavy atom. The summed E-state index contributed by atoms with van der Waals surface area (Å²) in [6.45, 7) is 1.86. The number of rotatable bonds is 1. The topological polar surface area (TPSA) is 56.7 Å². The van der Waals surface area contributed by atoms with E-state index in [-0.39, 0.29) is 0 Å². The Balaban J connectivity index is 2.37. The maximum absolute atomic E-state index is 6.04. The number of hydrogen-bond acceptors (Lipinski definition) is 3. The molecule has 0 saturated heterocycles. The molecule has 4 nitrogen and oxygen atoms in total. The van der Waals surface area contributed by atoms with Crippen molar-refractivity contribution in [2.45, 2.75) is 6.92 Å². The Bertz CT molecular complexity index is 713. The van der Waals surface area contributed by atoms with Crippen LogP contribution in [0.1, 0.15) is 5.69 Å². The Morgan fingerprint density at radius 2 is 2.06 bits per heavy atom. The minimum absolute atomic E-state index is 0.577. The maximum Gasteiger partial charge on any atom is 0.0985 e. The quantitative estimate of drug-likeness (QED) is 0.730. The molecule has 5 heteroatoms. The van der Waals surface area contributed by atoms with Crippen LogP contribution >= 0.6 is 11.6 Å². The predicted octanol–water partition coefficient (Wildman–Crippen LogP) is 2.96. The van der Waals surface area contributed by atoms with Crippen LogP contribution in [0.4, 0.5) is 5.69 Å². The SMILES string of the molecule is Cc1nn(-c2c(N)cnc3ccccc23)cc1Cl. The first-order valence-electron chi connectivity index (χ1n) is 5.52. The summed E-state index contributed by atoms with van der Waals surface area (Å²) < 4.78 is 1.71. The van der Waals surface area contributed by atoms with Crippen LogP contribution in [-0.2, 0) is 0 Å². The highest BCUT2D eigenvalue weighted by molar-refractivity contribution is 6.31. The standard InChI is InChI=1S/C13H11ClN4/c1-8-10(14)7-18(17-8)13-9-4-2-3-5-12(9)16-6-11(13)15/h2-7H,15H2,1H3. The summed E-state index contributed by atoms with van der Waals surface area (Å²) in [7, 11) is 0. The number of fused-ring (bicyclic) bond motifs is 1. The summed E-state index contributed by atoms with van der Waals surface area (Å²) in [5.74, 6) is 0. The molecule has 0 aliphatic carbocycles. The lowest BCUT2D eigenvalue weighted by molar-refractivity contribution is 0.870. The molecule has 0 radical (unpaired) electrons. The van der Waals surface area contributed by atoms with Crippen LogP contribution in [0.3, 0.4) is 0 Å². The van der Waals surface area contributed by atoms with Crippen molar-refractivity contribution >= 4 is 28.2 Å². The number of nitrogen functional groups attached to an aromatic ring is 1. The first-order chi connectivity index (χ1) is 8.66. The van der Waals surface area contributed by atoms with Crippen molar-refractivity contribution < 1.29 is 0 Å². The molecule has 18 heavy (non-hydrogen) atoms. The van der Waals surface area contributed by atoms with Gasteiger partial charge in [0.1, 0.15) is 0 Å². The van der Waals surface area contributed by atoms with Crippen molar-refractivity contribution in [2.24, 2.45) is 0 Å². The second-order valence-electron chi connectivity index (χ2n) is 4.09. The molecule has 0 aliphatic rings. The van der Waals surface area contributed by atoms with Crippen molar-refractivity contribution in [3.8, 4) is 5.69 Å². The molecule has 2 aromatic heterocycles. The fraction of sp³-hybridized carbons (Fsp3) is 0.0769. The van der Waals surface area contributed by atoms with Crippen LogP contribution < -0.4 is 5.73 Å². The number of para-hydroxylation sites is 1. The third-order valence-corrected chi connectivity index (χ3v) is 3.21. The average molecular weight is 259 g/mol. The molecule has 1 aromatic carbocycles. The second kappa shape index (κ2) is 3.99. The van der Waals surface area contributed by atoms with E-state index in [9.17, 15) is 0 Å². The maximum atomic E-state index is 6.04. The van der Waals surface area contributed by atoms with E-state index in [1.165, 1.54) is 0 Å². The molecule has 0 aliphatic heterocycles. The number of nitrogens with two attached hydrogens (primary N) is 1. The van der Waals surface area contributed by atoms with Gasteiger partial charge in [-0.3, -0.25) is 4.98 Å². The molecule has 2 heterocycles. The molecule has 90 valence electrons. The zero-order valence-corrected chi connectivity index (χ0v) is 10.5. The zero-order valence-electron chi connectivity index (χ0n) is 9.76. The van der Waals surface area contributed by atoms with Gasteiger partial charge < -0.3 is 5.73 Å². The number of anilines is 1. The lowest BCUT2D eigenvalue weighted by atomic mass is 10.1. The summed E-state index contributed by atoms with van der Waals surface area (Å²) in [5, 5.41) is 5.94. The molecule has 0 bridgehead atoms. The van der Waals surface area contributed by atoms with Gasteiger partial charge in [-0.1, -0.05) is 29.8 Å². The van der Waals surface area contributed by atoms with Crippen LogP contribution in [0.15, 0.2) is 36.7 Å². The van der Waals surface area contributed by atoms with Gasteiger partial charge in [0.15, 0.2) is 0 Å². The van der Waals surface area contributed by atoms with Crippen molar-refractivity contribution in [1.82, 2.24) is 14.8 Å². The minimum Gasteiger partial charge on any atom is -0.396 e. The molecule has 2 N–H and O–H groups in total. The second-order valence-corrected chi connectivity index (χ2v) is 4.49. The average Bonchev–Trinajstić information content (AvgIpc) is 2.69. The number of nitrogens with zero attached hydrogens (tertiary/aromatic N) is 3. The molecule has 0 amide bonds. The van der Waals surface area contributed by atoms with Crippen LogP contribution in [0.25, 0.3) is 16.6 Å². The van der Waals surface area contributed by atoms with E-state index >= 15 is 0 Å². The summed E-state index contributed by atoms with van der Waals surface area (Å²) in [4.78, 5) is 4.30. The van der Waals surface area contributed by atoms with E-state index in [1.807, 2.05) is 31.2 Å². The van der Waals surface area contributed by atoms with E-state index in [1.54, 1.807) is 17.1 Å². The molecule has 0 atom stereocenters. The molecule has 0 fully saturated rings. The van der Waals surface area contributed by atoms with Crippen molar-refractivity contribution in [3.05, 3.63) is 47.4 Å². The highest BCUT2D eigenvalue weighted by atomic mass is 35.5. The summed E-state index contributed by atoms with van der Waals surface area (Å²) in [5.41, 5.74) is 9.06. The van der Waals surface area contributed by atoms with Gasteiger partial charge in [-0.05, 0) is 13.0 Å². The molecular weight excluding hydrogens is 248 g/mol. The van der Waals surface area contributed by atoms with E-state index in [0.29, 0.717) is 10.7 Å². The lowest BCUT2D eigenvalue weighted by Crippen LogP contribution is -2.02.